The molecule has 1 saturated carbocycles. The van der Waals surface area contributed by atoms with E-state index in [1.54, 1.807) is 0 Å². The van der Waals surface area contributed by atoms with Gasteiger partial charge in [-0.25, -0.2) is 0 Å². The van der Waals surface area contributed by atoms with Crippen molar-refractivity contribution in [2.45, 2.75) is 44.7 Å². The highest BCUT2D eigenvalue weighted by Gasteiger charge is 2.30. The van der Waals surface area contributed by atoms with Crippen molar-refractivity contribution in [3.8, 4) is 0 Å². The second-order valence-electron chi connectivity index (χ2n) is 5.37. The molecule has 16 heavy (non-hydrogen) atoms. The van der Waals surface area contributed by atoms with E-state index in [2.05, 4.69) is 24.4 Å². The maximum absolute atomic E-state index is 6.07. The predicted molar refractivity (Wildman–Crippen MR) is 67.8 cm³/mol. The van der Waals surface area contributed by atoms with Crippen LogP contribution in [0.25, 0.3) is 0 Å². The summed E-state index contributed by atoms with van der Waals surface area (Å²) in [6.07, 6.45) is 5.12. The molecule has 0 aliphatic heterocycles. The van der Waals surface area contributed by atoms with E-state index in [4.69, 9.17) is 11.6 Å². The van der Waals surface area contributed by atoms with Crippen LogP contribution in [-0.4, -0.2) is 6.04 Å². The normalized spacial score (nSPS) is 32.2. The van der Waals surface area contributed by atoms with E-state index >= 15 is 0 Å². The summed E-state index contributed by atoms with van der Waals surface area (Å²) in [5, 5.41) is 4.64. The van der Waals surface area contributed by atoms with Crippen LogP contribution in [0.2, 0.25) is 5.02 Å². The summed E-state index contributed by atoms with van der Waals surface area (Å²) in [6, 6.07) is 7.62. The van der Waals surface area contributed by atoms with Gasteiger partial charge in [0.25, 0.3) is 0 Å². The van der Waals surface area contributed by atoms with Gasteiger partial charge >= 0.3 is 0 Å². The van der Waals surface area contributed by atoms with Crippen molar-refractivity contribution in [2.24, 2.45) is 5.92 Å². The van der Waals surface area contributed by atoms with E-state index in [1.165, 1.54) is 36.8 Å². The number of hydrogen-bond acceptors (Lipinski definition) is 1. The fourth-order valence-corrected chi connectivity index (χ4v) is 3.25. The molecular formula is C14H18ClN. The summed E-state index contributed by atoms with van der Waals surface area (Å²) in [5.74, 6) is 0.915. The zero-order valence-electron chi connectivity index (χ0n) is 9.67. The van der Waals surface area contributed by atoms with E-state index in [-0.39, 0.29) is 0 Å². The molecule has 0 bridgehead atoms. The first-order valence-electron chi connectivity index (χ1n) is 6.27. The van der Waals surface area contributed by atoms with Crippen LogP contribution in [0.3, 0.4) is 0 Å². The molecule has 2 heteroatoms. The number of fused-ring (bicyclic) bond motifs is 1. The Labute approximate surface area is 102 Å². The quantitative estimate of drug-likeness (QED) is 0.824. The van der Waals surface area contributed by atoms with Crippen molar-refractivity contribution in [1.29, 1.82) is 0 Å². The summed E-state index contributed by atoms with van der Waals surface area (Å²) in [4.78, 5) is 0. The molecule has 2 aliphatic rings. The monoisotopic (exact) mass is 235 g/mol. The van der Waals surface area contributed by atoms with Gasteiger partial charge in [-0.1, -0.05) is 24.6 Å². The third kappa shape index (κ3) is 1.87. The van der Waals surface area contributed by atoms with Crippen LogP contribution >= 0.6 is 11.6 Å². The Morgan fingerprint density at radius 3 is 2.88 bits per heavy atom. The van der Waals surface area contributed by atoms with E-state index < -0.39 is 0 Å². The highest BCUT2D eigenvalue weighted by atomic mass is 35.5. The highest BCUT2D eigenvalue weighted by molar-refractivity contribution is 6.30. The summed E-state index contributed by atoms with van der Waals surface area (Å²) in [5.41, 5.74) is 2.92. The lowest BCUT2D eigenvalue weighted by atomic mass is 9.81. The lowest BCUT2D eigenvalue weighted by Crippen LogP contribution is -2.41. The van der Waals surface area contributed by atoms with Gasteiger partial charge in [0, 0.05) is 17.1 Å². The Bertz CT molecular complexity index is 396. The molecule has 1 atom stereocenters. The number of aryl methyl sites for hydroxylation is 1. The molecule has 0 saturated heterocycles. The Hall–Kier alpha value is -0.530. The number of benzene rings is 1. The van der Waals surface area contributed by atoms with Gasteiger partial charge in [-0.15, -0.1) is 0 Å². The lowest BCUT2D eigenvalue weighted by Gasteiger charge is -2.36. The third-order valence-corrected chi connectivity index (χ3v) is 4.23. The van der Waals surface area contributed by atoms with Crippen molar-refractivity contribution in [2.75, 3.05) is 0 Å². The minimum Gasteiger partial charge on any atom is -0.307 e. The van der Waals surface area contributed by atoms with Crippen molar-refractivity contribution in [3.05, 3.63) is 34.3 Å². The van der Waals surface area contributed by atoms with Gasteiger partial charge in [-0.05, 0) is 54.9 Å². The first kappa shape index (κ1) is 10.6. The van der Waals surface area contributed by atoms with E-state index in [0.29, 0.717) is 6.04 Å². The Morgan fingerprint density at radius 1 is 1.31 bits per heavy atom. The molecule has 1 N–H and O–H groups in total. The molecule has 1 fully saturated rings. The largest absolute Gasteiger partial charge is 0.307 e. The molecule has 0 aromatic heterocycles. The summed E-state index contributed by atoms with van der Waals surface area (Å²) < 4.78 is 0. The summed E-state index contributed by atoms with van der Waals surface area (Å²) >= 11 is 6.07. The summed E-state index contributed by atoms with van der Waals surface area (Å²) in [6.45, 7) is 2.33. The van der Waals surface area contributed by atoms with Gasteiger partial charge in [-0.2, -0.15) is 0 Å². The molecule has 1 aromatic carbocycles. The Balaban J connectivity index is 1.73. The van der Waals surface area contributed by atoms with E-state index in [9.17, 15) is 0 Å². The number of halogens is 1. The molecule has 0 radical (unpaired) electrons. The highest BCUT2D eigenvalue weighted by Crippen LogP contribution is 2.36. The molecule has 1 aromatic rings. The van der Waals surface area contributed by atoms with Crippen molar-refractivity contribution in [1.82, 2.24) is 5.32 Å². The standard InChI is InChI=1S/C14H18ClN/c1-9-6-12(7-9)16-14-5-3-10-2-4-11(15)8-13(10)14/h2,4,8-9,12,14,16H,3,5-7H2,1H3. The molecule has 2 aliphatic carbocycles. The Morgan fingerprint density at radius 2 is 2.12 bits per heavy atom. The van der Waals surface area contributed by atoms with E-state index in [0.717, 1.165) is 17.0 Å². The van der Waals surface area contributed by atoms with Gasteiger partial charge in [0.2, 0.25) is 0 Å². The van der Waals surface area contributed by atoms with Crippen molar-refractivity contribution in [3.63, 3.8) is 0 Å². The maximum atomic E-state index is 6.07. The molecule has 0 spiro atoms. The van der Waals surface area contributed by atoms with Crippen LogP contribution in [0.5, 0.6) is 0 Å². The average Bonchev–Trinajstić information content (AvgIpc) is 2.59. The number of nitrogens with one attached hydrogen (secondary N) is 1. The molecule has 3 rings (SSSR count). The van der Waals surface area contributed by atoms with Crippen LogP contribution in [-0.2, 0) is 6.42 Å². The van der Waals surface area contributed by atoms with E-state index in [1.807, 2.05) is 6.07 Å². The lowest BCUT2D eigenvalue weighted by molar-refractivity contribution is 0.222. The first-order chi connectivity index (χ1) is 7.72. The van der Waals surface area contributed by atoms with Gasteiger partial charge in [0.1, 0.15) is 0 Å². The number of rotatable bonds is 2. The SMILES string of the molecule is CC1CC(NC2CCc3ccc(Cl)cc32)C1. The maximum Gasteiger partial charge on any atom is 0.0409 e. The minimum atomic E-state index is 0.547. The first-order valence-corrected chi connectivity index (χ1v) is 6.64. The van der Waals surface area contributed by atoms with Crippen LogP contribution in [0, 0.1) is 5.92 Å². The molecule has 0 amide bonds. The van der Waals surface area contributed by atoms with Gasteiger partial charge in [0.05, 0.1) is 0 Å². The van der Waals surface area contributed by atoms with Crippen LogP contribution in [0.4, 0.5) is 0 Å². The topological polar surface area (TPSA) is 12.0 Å². The van der Waals surface area contributed by atoms with Crippen molar-refractivity contribution < 1.29 is 0 Å². The minimum absolute atomic E-state index is 0.547. The van der Waals surface area contributed by atoms with Gasteiger partial charge in [-0.3, -0.25) is 0 Å². The average molecular weight is 236 g/mol. The fraction of sp³-hybridized carbons (Fsp3) is 0.571. The Kier molecular flexibility index (Phi) is 2.68. The number of hydrogen-bond donors (Lipinski definition) is 1. The van der Waals surface area contributed by atoms with Crippen LogP contribution in [0.1, 0.15) is 43.4 Å². The zero-order valence-corrected chi connectivity index (χ0v) is 10.4. The third-order valence-electron chi connectivity index (χ3n) is 4.00. The predicted octanol–water partition coefficient (Wildman–Crippen LogP) is 3.72. The summed E-state index contributed by atoms with van der Waals surface area (Å²) in [7, 11) is 0. The van der Waals surface area contributed by atoms with Crippen LogP contribution < -0.4 is 5.32 Å². The smallest absolute Gasteiger partial charge is 0.0409 e. The van der Waals surface area contributed by atoms with Gasteiger partial charge < -0.3 is 5.32 Å². The second kappa shape index (κ2) is 4.05. The molecule has 1 nitrogen and oxygen atoms in total. The molecular weight excluding hydrogens is 218 g/mol. The molecule has 1 unspecified atom stereocenters. The van der Waals surface area contributed by atoms with Crippen molar-refractivity contribution >= 4 is 11.6 Å². The molecule has 0 heterocycles. The van der Waals surface area contributed by atoms with Crippen LogP contribution in [0.15, 0.2) is 18.2 Å². The van der Waals surface area contributed by atoms with Gasteiger partial charge in [0.15, 0.2) is 0 Å². The second-order valence-corrected chi connectivity index (χ2v) is 5.81. The molecule has 86 valence electrons. The zero-order chi connectivity index (χ0) is 11.1. The fourth-order valence-electron chi connectivity index (χ4n) is 3.07.